The number of benzene rings is 1. The zero-order chi connectivity index (χ0) is 14.5. The summed E-state index contributed by atoms with van der Waals surface area (Å²) in [5.74, 6) is 1.12. The van der Waals surface area contributed by atoms with Gasteiger partial charge in [0.25, 0.3) is 0 Å². The lowest BCUT2D eigenvalue weighted by molar-refractivity contribution is -0.626. The molecule has 5 heteroatoms. The number of nitrogens with two attached hydrogens (primary N) is 1. The Morgan fingerprint density at radius 2 is 2.15 bits per heavy atom. The Labute approximate surface area is 124 Å². The van der Waals surface area contributed by atoms with E-state index in [0.717, 1.165) is 30.8 Å². The fourth-order valence-corrected chi connectivity index (χ4v) is 3.92. The molecular weight excluding hydrogens is 272 g/mol. The van der Waals surface area contributed by atoms with Gasteiger partial charge >= 0.3 is 0 Å². The van der Waals surface area contributed by atoms with Crippen LogP contribution in [0.5, 0.6) is 5.75 Å². The zero-order valence-corrected chi connectivity index (χ0v) is 13.2. The fraction of sp³-hybridized carbons (Fsp3) is 0.533. The third-order valence-electron chi connectivity index (χ3n) is 3.57. The SMILES string of the molecule is CC[C@@H]1S[C@@H](c2ccccc2OC)N(CC[NH2+]C)C1=O. The summed E-state index contributed by atoms with van der Waals surface area (Å²) in [5, 5.41) is 2.25. The van der Waals surface area contributed by atoms with Crippen LogP contribution in [0.4, 0.5) is 0 Å². The second-order valence-corrected chi connectivity index (χ2v) is 6.14. The van der Waals surface area contributed by atoms with Crippen molar-refractivity contribution in [2.24, 2.45) is 0 Å². The van der Waals surface area contributed by atoms with Crippen molar-refractivity contribution in [2.75, 3.05) is 27.2 Å². The first-order valence-electron chi connectivity index (χ1n) is 7.09. The van der Waals surface area contributed by atoms with Crippen LogP contribution in [0.15, 0.2) is 24.3 Å². The Morgan fingerprint density at radius 3 is 2.80 bits per heavy atom. The minimum absolute atomic E-state index is 0.0711. The maximum Gasteiger partial charge on any atom is 0.237 e. The van der Waals surface area contributed by atoms with Crippen LogP contribution in [0.25, 0.3) is 0 Å². The molecule has 1 saturated heterocycles. The number of rotatable bonds is 6. The van der Waals surface area contributed by atoms with Crippen molar-refractivity contribution in [2.45, 2.75) is 24.0 Å². The summed E-state index contributed by atoms with van der Waals surface area (Å²) < 4.78 is 5.46. The smallest absolute Gasteiger partial charge is 0.237 e. The summed E-state index contributed by atoms with van der Waals surface area (Å²) in [4.78, 5) is 14.5. The average Bonchev–Trinajstić information content (AvgIpc) is 2.81. The molecule has 2 N–H and O–H groups in total. The van der Waals surface area contributed by atoms with E-state index in [2.05, 4.69) is 18.3 Å². The second kappa shape index (κ2) is 6.99. The van der Waals surface area contributed by atoms with Gasteiger partial charge in [-0.2, -0.15) is 0 Å². The molecule has 1 aromatic rings. The van der Waals surface area contributed by atoms with Gasteiger partial charge in [-0.05, 0) is 12.5 Å². The van der Waals surface area contributed by atoms with Gasteiger partial charge in [0, 0.05) is 5.56 Å². The molecule has 1 heterocycles. The first-order chi connectivity index (χ1) is 9.72. The van der Waals surface area contributed by atoms with Gasteiger partial charge in [0.2, 0.25) is 5.91 Å². The third-order valence-corrected chi connectivity index (χ3v) is 5.20. The Bertz CT molecular complexity index is 467. The molecule has 1 aromatic carbocycles. The van der Waals surface area contributed by atoms with Crippen molar-refractivity contribution in [3.63, 3.8) is 0 Å². The lowest BCUT2D eigenvalue weighted by Gasteiger charge is -2.24. The number of hydrogen-bond acceptors (Lipinski definition) is 3. The second-order valence-electron chi connectivity index (χ2n) is 4.86. The van der Waals surface area contributed by atoms with Crippen molar-refractivity contribution in [1.82, 2.24) is 4.90 Å². The molecule has 2 atom stereocenters. The Balaban J connectivity index is 2.29. The number of quaternary nitrogens is 1. The number of nitrogens with zero attached hydrogens (tertiary/aromatic N) is 1. The first-order valence-corrected chi connectivity index (χ1v) is 8.03. The van der Waals surface area contributed by atoms with Crippen LogP contribution in [-0.2, 0) is 4.79 Å². The highest BCUT2D eigenvalue weighted by Gasteiger charge is 2.40. The number of carbonyl (C=O) groups excluding carboxylic acids is 1. The van der Waals surface area contributed by atoms with E-state index in [1.807, 2.05) is 30.1 Å². The number of hydrogen-bond donors (Lipinski definition) is 1. The molecule has 1 fully saturated rings. The molecule has 110 valence electrons. The molecule has 0 aliphatic carbocycles. The van der Waals surface area contributed by atoms with E-state index in [0.29, 0.717) is 0 Å². The van der Waals surface area contributed by atoms with Crippen LogP contribution in [0.1, 0.15) is 24.3 Å². The quantitative estimate of drug-likeness (QED) is 0.859. The lowest BCUT2D eigenvalue weighted by Crippen LogP contribution is -2.81. The first kappa shape index (κ1) is 15.2. The number of ether oxygens (including phenoxy) is 1. The Hall–Kier alpha value is -1.20. The predicted octanol–water partition coefficient (Wildman–Crippen LogP) is 1.24. The van der Waals surface area contributed by atoms with Crippen molar-refractivity contribution in [3.05, 3.63) is 29.8 Å². The number of methoxy groups -OCH3 is 1. The largest absolute Gasteiger partial charge is 0.496 e. The molecule has 2 rings (SSSR count). The summed E-state index contributed by atoms with van der Waals surface area (Å²) in [5.41, 5.74) is 1.10. The van der Waals surface area contributed by atoms with Crippen molar-refractivity contribution < 1.29 is 14.8 Å². The van der Waals surface area contributed by atoms with Gasteiger partial charge in [0.05, 0.1) is 32.5 Å². The normalized spacial score (nSPS) is 22.4. The van der Waals surface area contributed by atoms with E-state index in [1.165, 1.54) is 0 Å². The van der Waals surface area contributed by atoms with Gasteiger partial charge in [0.15, 0.2) is 0 Å². The standard InChI is InChI=1S/C15H22N2O2S/c1-4-13-14(18)17(10-9-16-2)15(20-13)11-7-5-6-8-12(11)19-3/h5-8,13,15-16H,4,9-10H2,1-3H3/p+1/t13-,15-/m0/s1. The Kier molecular flexibility index (Phi) is 5.31. The molecule has 20 heavy (non-hydrogen) atoms. The minimum Gasteiger partial charge on any atom is -0.496 e. The molecule has 0 spiro atoms. The van der Waals surface area contributed by atoms with Gasteiger partial charge in [-0.25, -0.2) is 0 Å². The van der Waals surface area contributed by atoms with Crippen LogP contribution in [0.3, 0.4) is 0 Å². The average molecular weight is 295 g/mol. The van der Waals surface area contributed by atoms with E-state index in [-0.39, 0.29) is 16.5 Å². The summed E-state index contributed by atoms with van der Waals surface area (Å²) in [6.45, 7) is 3.78. The highest BCUT2D eigenvalue weighted by molar-refractivity contribution is 8.01. The van der Waals surface area contributed by atoms with E-state index >= 15 is 0 Å². The van der Waals surface area contributed by atoms with Crippen LogP contribution in [0.2, 0.25) is 0 Å². The van der Waals surface area contributed by atoms with Gasteiger partial charge in [-0.15, -0.1) is 11.8 Å². The predicted molar refractivity (Wildman–Crippen MR) is 81.8 cm³/mol. The fourth-order valence-electron chi connectivity index (χ4n) is 2.47. The monoisotopic (exact) mass is 295 g/mol. The topological polar surface area (TPSA) is 46.1 Å². The van der Waals surface area contributed by atoms with E-state index in [1.54, 1.807) is 18.9 Å². The summed E-state index contributed by atoms with van der Waals surface area (Å²) in [6.07, 6.45) is 0.876. The van der Waals surface area contributed by atoms with Gasteiger partial charge < -0.3 is 15.0 Å². The maximum atomic E-state index is 12.5. The summed E-state index contributed by atoms with van der Waals surface area (Å²) >= 11 is 1.74. The molecular formula is C15H23N2O2S+. The molecule has 0 bridgehead atoms. The van der Waals surface area contributed by atoms with Gasteiger partial charge in [-0.3, -0.25) is 4.79 Å². The number of amides is 1. The highest BCUT2D eigenvalue weighted by Crippen LogP contribution is 2.46. The molecule has 1 aliphatic rings. The third kappa shape index (κ3) is 2.94. The molecule has 0 saturated carbocycles. The number of para-hydroxylation sites is 1. The molecule has 1 aliphatic heterocycles. The van der Waals surface area contributed by atoms with Crippen molar-refractivity contribution in [1.29, 1.82) is 0 Å². The Morgan fingerprint density at radius 1 is 1.40 bits per heavy atom. The van der Waals surface area contributed by atoms with E-state index in [9.17, 15) is 4.79 Å². The summed E-state index contributed by atoms with van der Waals surface area (Å²) in [7, 11) is 3.71. The molecule has 0 unspecified atom stereocenters. The van der Waals surface area contributed by atoms with Crippen molar-refractivity contribution >= 4 is 17.7 Å². The summed E-state index contributed by atoms with van der Waals surface area (Å²) in [6, 6.07) is 7.99. The van der Waals surface area contributed by atoms with Crippen LogP contribution < -0.4 is 10.1 Å². The molecule has 0 aromatic heterocycles. The van der Waals surface area contributed by atoms with Gasteiger partial charge in [0.1, 0.15) is 11.1 Å². The number of thioether (sulfide) groups is 1. The molecule has 0 radical (unpaired) electrons. The van der Waals surface area contributed by atoms with E-state index < -0.39 is 0 Å². The lowest BCUT2D eigenvalue weighted by atomic mass is 10.1. The number of likely N-dealkylation sites (N-methyl/N-ethyl adjacent to an activating group) is 1. The van der Waals surface area contributed by atoms with Crippen LogP contribution in [0, 0.1) is 0 Å². The van der Waals surface area contributed by atoms with Crippen LogP contribution >= 0.6 is 11.8 Å². The zero-order valence-electron chi connectivity index (χ0n) is 12.3. The van der Waals surface area contributed by atoms with Gasteiger partial charge in [-0.1, -0.05) is 25.1 Å². The molecule has 4 nitrogen and oxygen atoms in total. The maximum absolute atomic E-state index is 12.5. The highest BCUT2D eigenvalue weighted by atomic mass is 32.2. The van der Waals surface area contributed by atoms with Crippen molar-refractivity contribution in [3.8, 4) is 5.75 Å². The van der Waals surface area contributed by atoms with Crippen LogP contribution in [-0.4, -0.2) is 43.3 Å². The van der Waals surface area contributed by atoms with E-state index in [4.69, 9.17) is 4.74 Å². The molecule has 1 amide bonds. The minimum atomic E-state index is 0.0711. The number of carbonyl (C=O) groups is 1.